The number of amidine groups is 1. The van der Waals surface area contributed by atoms with Gasteiger partial charge < -0.3 is 23.9 Å². The zero-order valence-corrected chi connectivity index (χ0v) is 20.0. The third kappa shape index (κ3) is 4.89. The lowest BCUT2D eigenvalue weighted by Gasteiger charge is -2.40. The summed E-state index contributed by atoms with van der Waals surface area (Å²) in [6, 6.07) is 6.15. The van der Waals surface area contributed by atoms with Gasteiger partial charge in [0.15, 0.2) is 5.84 Å². The number of methoxy groups -OCH3 is 1. The maximum atomic E-state index is 12.7. The number of ether oxygens (including phenoxy) is 1. The smallest absolute Gasteiger partial charge is 0.224 e. The highest BCUT2D eigenvalue weighted by Gasteiger charge is 2.34. The van der Waals surface area contributed by atoms with Crippen molar-refractivity contribution in [3.63, 3.8) is 0 Å². The largest absolute Gasteiger partial charge is 0.495 e. The minimum Gasteiger partial charge on any atom is -0.495 e. The second-order valence-corrected chi connectivity index (χ2v) is 8.45. The normalized spacial score (nSPS) is 19.0. The molecule has 0 spiro atoms. The van der Waals surface area contributed by atoms with Crippen molar-refractivity contribution in [2.75, 3.05) is 33.4 Å². The zero-order valence-electron chi connectivity index (χ0n) is 20.0. The van der Waals surface area contributed by atoms with Gasteiger partial charge in [-0.15, -0.1) is 0 Å². The summed E-state index contributed by atoms with van der Waals surface area (Å²) >= 11 is 0. The van der Waals surface area contributed by atoms with E-state index in [-0.39, 0.29) is 11.9 Å². The molecule has 0 N–H and O–H groups in total. The van der Waals surface area contributed by atoms with E-state index in [0.717, 1.165) is 66.6 Å². The summed E-state index contributed by atoms with van der Waals surface area (Å²) in [5.74, 6) is 1.79. The molecule has 1 saturated heterocycles. The van der Waals surface area contributed by atoms with Gasteiger partial charge in [0.05, 0.1) is 37.3 Å². The van der Waals surface area contributed by atoms with Gasteiger partial charge >= 0.3 is 0 Å². The van der Waals surface area contributed by atoms with Crippen molar-refractivity contribution in [1.29, 1.82) is 0 Å². The van der Waals surface area contributed by atoms with Crippen LogP contribution in [0.15, 0.2) is 41.5 Å². The summed E-state index contributed by atoms with van der Waals surface area (Å²) in [5, 5.41) is 4.39. The second-order valence-electron chi connectivity index (χ2n) is 8.45. The van der Waals surface area contributed by atoms with E-state index in [2.05, 4.69) is 27.2 Å². The second kappa shape index (κ2) is 10.1. The van der Waals surface area contributed by atoms with Gasteiger partial charge in [-0.25, -0.2) is 4.98 Å². The average Bonchev–Trinajstić information content (AvgIpc) is 3.26. The number of fused-ring (bicyclic) bond motifs is 1. The summed E-state index contributed by atoms with van der Waals surface area (Å²) in [6.07, 6.45) is 8.29. The summed E-state index contributed by atoms with van der Waals surface area (Å²) < 4.78 is 7.63. The van der Waals surface area contributed by atoms with E-state index < -0.39 is 0 Å². The first kappa shape index (κ1) is 22.9. The van der Waals surface area contributed by atoms with Gasteiger partial charge in [0.2, 0.25) is 5.91 Å². The van der Waals surface area contributed by atoms with Gasteiger partial charge in [-0.3, -0.25) is 4.79 Å². The van der Waals surface area contributed by atoms with Crippen LogP contribution in [0.4, 0.5) is 0 Å². The number of piperidine rings is 1. The number of aromatic nitrogens is 2. The molecule has 176 valence electrons. The van der Waals surface area contributed by atoms with Gasteiger partial charge in [0.1, 0.15) is 12.4 Å². The molecule has 1 aromatic carbocycles. The van der Waals surface area contributed by atoms with Crippen LogP contribution in [0.2, 0.25) is 0 Å². The molecule has 1 atom stereocenters. The molecule has 2 aromatic rings. The van der Waals surface area contributed by atoms with Crippen LogP contribution in [0.25, 0.3) is 11.8 Å². The molecule has 1 aromatic heterocycles. The summed E-state index contributed by atoms with van der Waals surface area (Å²) in [7, 11) is 1.68. The van der Waals surface area contributed by atoms with E-state index in [4.69, 9.17) is 9.57 Å². The number of amides is 1. The predicted octanol–water partition coefficient (Wildman–Crippen LogP) is 3.64. The van der Waals surface area contributed by atoms with Crippen molar-refractivity contribution in [2.45, 2.75) is 46.1 Å². The van der Waals surface area contributed by atoms with Gasteiger partial charge in [-0.05, 0) is 63.0 Å². The molecule has 4 rings (SSSR count). The molecule has 0 bridgehead atoms. The van der Waals surface area contributed by atoms with Gasteiger partial charge in [0.25, 0.3) is 0 Å². The highest BCUT2D eigenvalue weighted by atomic mass is 16.6. The molecular weight excluding hydrogens is 418 g/mol. The Morgan fingerprint density at radius 3 is 2.85 bits per heavy atom. The molecule has 8 heteroatoms. The quantitative estimate of drug-likeness (QED) is 0.643. The van der Waals surface area contributed by atoms with E-state index in [0.29, 0.717) is 13.0 Å². The number of rotatable bonds is 7. The molecule has 0 radical (unpaired) electrons. The van der Waals surface area contributed by atoms with Gasteiger partial charge in [-0.1, -0.05) is 11.2 Å². The molecule has 0 unspecified atom stereocenters. The highest BCUT2D eigenvalue weighted by Crippen LogP contribution is 2.30. The number of carbonyl (C=O) groups excluding carboxylic acids is 1. The third-order valence-electron chi connectivity index (χ3n) is 6.32. The first-order chi connectivity index (χ1) is 16.0. The van der Waals surface area contributed by atoms with Crippen LogP contribution in [-0.4, -0.2) is 70.5 Å². The standard InChI is InChI=1S/C25H33N5O3/c1-5-28(6-2)24(31)14-21-16-33-27-25-20(8-7-11-30(21)25)12-19-9-10-22(23(13-19)32-4)29-15-18(3)26-17-29/h9-10,12-13,15,17,21H,5-8,11,14,16H2,1-4H3/b20-12+/t21-/m0/s1. The molecule has 1 amide bonds. The van der Waals surface area contributed by atoms with Crippen molar-refractivity contribution in [3.8, 4) is 11.4 Å². The van der Waals surface area contributed by atoms with E-state index >= 15 is 0 Å². The maximum absolute atomic E-state index is 12.7. The number of aryl methyl sites for hydroxylation is 1. The predicted molar refractivity (Wildman–Crippen MR) is 128 cm³/mol. The molecule has 8 nitrogen and oxygen atoms in total. The Bertz CT molecular complexity index is 1050. The number of imidazole rings is 1. The molecule has 0 saturated carbocycles. The average molecular weight is 452 g/mol. The van der Waals surface area contributed by atoms with Crippen LogP contribution in [0.3, 0.4) is 0 Å². The Kier molecular flexibility index (Phi) is 7.01. The molecular formula is C25H33N5O3. The van der Waals surface area contributed by atoms with E-state index in [1.54, 1.807) is 13.4 Å². The van der Waals surface area contributed by atoms with E-state index in [9.17, 15) is 4.79 Å². The monoisotopic (exact) mass is 451 g/mol. The molecule has 3 heterocycles. The number of oxime groups is 1. The summed E-state index contributed by atoms with van der Waals surface area (Å²) in [4.78, 5) is 26.7. The fraction of sp³-hybridized carbons (Fsp3) is 0.480. The highest BCUT2D eigenvalue weighted by molar-refractivity contribution is 6.03. The summed E-state index contributed by atoms with van der Waals surface area (Å²) in [6.45, 7) is 8.78. The lowest BCUT2D eigenvalue weighted by molar-refractivity contribution is -0.132. The van der Waals surface area contributed by atoms with E-state index in [1.165, 1.54) is 0 Å². The van der Waals surface area contributed by atoms with Gasteiger partial charge in [0, 0.05) is 25.8 Å². The Morgan fingerprint density at radius 2 is 2.15 bits per heavy atom. The van der Waals surface area contributed by atoms with E-state index in [1.807, 2.05) is 48.6 Å². The Hall–Kier alpha value is -3.29. The van der Waals surface area contributed by atoms with Crippen LogP contribution >= 0.6 is 0 Å². The maximum Gasteiger partial charge on any atom is 0.224 e. The number of hydrogen-bond donors (Lipinski definition) is 0. The fourth-order valence-electron chi connectivity index (χ4n) is 4.55. The molecule has 0 aliphatic carbocycles. The zero-order chi connectivity index (χ0) is 23.4. The Balaban J connectivity index is 1.56. The van der Waals surface area contributed by atoms with Crippen molar-refractivity contribution < 1.29 is 14.4 Å². The van der Waals surface area contributed by atoms with Crippen LogP contribution in [0.1, 0.15) is 44.4 Å². The Labute approximate surface area is 195 Å². The topological polar surface area (TPSA) is 72.2 Å². The molecule has 1 fully saturated rings. The number of nitrogens with zero attached hydrogens (tertiary/aromatic N) is 5. The minimum atomic E-state index is 0.00990. The molecule has 33 heavy (non-hydrogen) atoms. The number of hydrogen-bond acceptors (Lipinski definition) is 6. The molecule has 2 aliphatic rings. The lowest BCUT2D eigenvalue weighted by atomic mass is 9.97. The number of carbonyl (C=O) groups is 1. The lowest BCUT2D eigenvalue weighted by Crippen LogP contribution is -2.51. The first-order valence-electron chi connectivity index (χ1n) is 11.7. The van der Waals surface area contributed by atoms with Crippen molar-refractivity contribution in [2.24, 2.45) is 5.16 Å². The van der Waals surface area contributed by atoms with Crippen LogP contribution in [0, 0.1) is 6.92 Å². The molecule has 2 aliphatic heterocycles. The fourth-order valence-corrected chi connectivity index (χ4v) is 4.55. The van der Waals surface area contributed by atoms with Crippen LogP contribution in [-0.2, 0) is 9.63 Å². The number of benzene rings is 1. The van der Waals surface area contributed by atoms with Crippen molar-refractivity contribution in [3.05, 3.63) is 47.6 Å². The first-order valence-corrected chi connectivity index (χ1v) is 11.7. The van der Waals surface area contributed by atoms with Crippen molar-refractivity contribution in [1.82, 2.24) is 19.4 Å². The van der Waals surface area contributed by atoms with Gasteiger partial charge in [-0.2, -0.15) is 0 Å². The van der Waals surface area contributed by atoms with Crippen LogP contribution in [0.5, 0.6) is 5.75 Å². The third-order valence-corrected chi connectivity index (χ3v) is 6.32. The summed E-state index contributed by atoms with van der Waals surface area (Å²) in [5.41, 5.74) is 4.05. The minimum absolute atomic E-state index is 0.00990. The van der Waals surface area contributed by atoms with Crippen LogP contribution < -0.4 is 4.74 Å². The van der Waals surface area contributed by atoms with Crippen molar-refractivity contribution >= 4 is 17.8 Å². The Morgan fingerprint density at radius 1 is 1.33 bits per heavy atom. The SMILES string of the molecule is CCN(CC)C(=O)C[C@H]1CON=C2/C(=C/c3ccc(-n4cnc(C)c4)c(OC)c3)CCCN21.